The molecule has 5 nitrogen and oxygen atoms in total. The van der Waals surface area contributed by atoms with Gasteiger partial charge in [0.05, 0.1) is 13.2 Å². The summed E-state index contributed by atoms with van der Waals surface area (Å²) in [6.45, 7) is 8.19. The minimum Gasteiger partial charge on any atom is -0.399 e. The molecule has 1 aromatic rings. The van der Waals surface area contributed by atoms with Gasteiger partial charge in [0.15, 0.2) is 0 Å². The van der Waals surface area contributed by atoms with Crippen molar-refractivity contribution in [3.63, 3.8) is 0 Å². The van der Waals surface area contributed by atoms with Gasteiger partial charge in [-0.25, -0.2) is 0 Å². The molecule has 1 amide bonds. The standard InChI is InChI=1S/C15H23N3O2/c1-15(2,18-6-8-20-9-7-18)11-17-14(19)12-4-3-5-13(16)10-12/h3-5,10H,6-9,11,16H2,1-2H3,(H,17,19). The number of nitrogens with zero attached hydrogens (tertiary/aromatic N) is 1. The fourth-order valence-electron chi connectivity index (χ4n) is 2.36. The van der Waals surface area contributed by atoms with Gasteiger partial charge in [-0.05, 0) is 32.0 Å². The van der Waals surface area contributed by atoms with Gasteiger partial charge in [-0.2, -0.15) is 0 Å². The number of carbonyl (C=O) groups excluding carboxylic acids is 1. The number of rotatable bonds is 4. The lowest BCUT2D eigenvalue weighted by atomic mass is 10.0. The lowest BCUT2D eigenvalue weighted by molar-refractivity contribution is -0.00923. The molecule has 1 aliphatic rings. The number of morpholine rings is 1. The van der Waals surface area contributed by atoms with E-state index in [-0.39, 0.29) is 11.4 Å². The number of anilines is 1. The maximum atomic E-state index is 12.1. The first-order valence-electron chi connectivity index (χ1n) is 6.95. The summed E-state index contributed by atoms with van der Waals surface area (Å²) < 4.78 is 5.36. The first kappa shape index (κ1) is 14.8. The van der Waals surface area contributed by atoms with Crippen molar-refractivity contribution in [1.29, 1.82) is 0 Å². The van der Waals surface area contributed by atoms with Gasteiger partial charge in [0, 0.05) is 36.4 Å². The quantitative estimate of drug-likeness (QED) is 0.809. The molecule has 3 N–H and O–H groups in total. The van der Waals surface area contributed by atoms with Crippen molar-refractivity contribution in [1.82, 2.24) is 10.2 Å². The smallest absolute Gasteiger partial charge is 0.251 e. The van der Waals surface area contributed by atoms with E-state index in [0.717, 1.165) is 26.3 Å². The first-order valence-corrected chi connectivity index (χ1v) is 6.95. The molecule has 2 rings (SSSR count). The van der Waals surface area contributed by atoms with Crippen LogP contribution in [0, 0.1) is 0 Å². The average molecular weight is 277 g/mol. The molecule has 0 radical (unpaired) electrons. The normalized spacial score (nSPS) is 16.9. The topological polar surface area (TPSA) is 67.6 Å². The van der Waals surface area contributed by atoms with Gasteiger partial charge >= 0.3 is 0 Å². The largest absolute Gasteiger partial charge is 0.399 e. The Bertz CT molecular complexity index is 468. The second kappa shape index (κ2) is 6.24. The molecule has 1 aromatic carbocycles. The van der Waals surface area contributed by atoms with Crippen molar-refractivity contribution in [2.24, 2.45) is 0 Å². The third-order valence-electron chi connectivity index (χ3n) is 3.70. The van der Waals surface area contributed by atoms with E-state index in [1.807, 2.05) is 0 Å². The van der Waals surface area contributed by atoms with E-state index in [9.17, 15) is 4.79 Å². The monoisotopic (exact) mass is 277 g/mol. The summed E-state index contributed by atoms with van der Waals surface area (Å²) in [5, 5.41) is 2.99. The van der Waals surface area contributed by atoms with Crippen LogP contribution in [0.1, 0.15) is 24.2 Å². The number of nitrogens with one attached hydrogen (secondary N) is 1. The lowest BCUT2D eigenvalue weighted by Crippen LogP contribution is -2.55. The summed E-state index contributed by atoms with van der Waals surface area (Å²) in [7, 11) is 0. The molecule has 1 heterocycles. The summed E-state index contributed by atoms with van der Waals surface area (Å²) in [5.41, 5.74) is 6.81. The molecule has 0 aliphatic carbocycles. The van der Waals surface area contributed by atoms with E-state index >= 15 is 0 Å². The van der Waals surface area contributed by atoms with E-state index in [1.165, 1.54) is 0 Å². The maximum Gasteiger partial charge on any atom is 0.251 e. The van der Waals surface area contributed by atoms with E-state index in [0.29, 0.717) is 17.8 Å². The van der Waals surface area contributed by atoms with Gasteiger partial charge in [0.25, 0.3) is 5.91 Å². The molecule has 0 saturated carbocycles. The Morgan fingerprint density at radius 2 is 2.10 bits per heavy atom. The first-order chi connectivity index (χ1) is 9.49. The third-order valence-corrected chi connectivity index (χ3v) is 3.70. The SMILES string of the molecule is CC(C)(CNC(=O)c1cccc(N)c1)N1CCOCC1. The molecule has 0 spiro atoms. The van der Waals surface area contributed by atoms with Crippen molar-refractivity contribution >= 4 is 11.6 Å². The number of ether oxygens (including phenoxy) is 1. The summed E-state index contributed by atoms with van der Waals surface area (Å²) in [4.78, 5) is 14.5. The van der Waals surface area contributed by atoms with Crippen molar-refractivity contribution < 1.29 is 9.53 Å². The zero-order valence-electron chi connectivity index (χ0n) is 12.2. The van der Waals surface area contributed by atoms with Gasteiger partial charge in [-0.3, -0.25) is 9.69 Å². The van der Waals surface area contributed by atoms with Crippen LogP contribution < -0.4 is 11.1 Å². The highest BCUT2D eigenvalue weighted by Gasteiger charge is 2.28. The summed E-state index contributed by atoms with van der Waals surface area (Å²) in [6.07, 6.45) is 0. The Labute approximate surface area is 120 Å². The minimum absolute atomic E-state index is 0.0836. The van der Waals surface area contributed by atoms with Crippen LogP contribution in [0.2, 0.25) is 0 Å². The Hall–Kier alpha value is -1.59. The van der Waals surface area contributed by atoms with Crippen LogP contribution in [0.15, 0.2) is 24.3 Å². The highest BCUT2D eigenvalue weighted by atomic mass is 16.5. The zero-order chi connectivity index (χ0) is 14.6. The van der Waals surface area contributed by atoms with Gasteiger partial charge in [-0.15, -0.1) is 0 Å². The number of hydrogen-bond acceptors (Lipinski definition) is 4. The lowest BCUT2D eigenvalue weighted by Gasteiger charge is -2.40. The van der Waals surface area contributed by atoms with Crippen molar-refractivity contribution in [3.05, 3.63) is 29.8 Å². The molecule has 5 heteroatoms. The Morgan fingerprint density at radius 1 is 1.40 bits per heavy atom. The molecule has 0 aromatic heterocycles. The van der Waals surface area contributed by atoms with Crippen LogP contribution in [0.5, 0.6) is 0 Å². The summed E-state index contributed by atoms with van der Waals surface area (Å²) >= 11 is 0. The van der Waals surface area contributed by atoms with Crippen LogP contribution in [-0.2, 0) is 4.74 Å². The van der Waals surface area contributed by atoms with Crippen LogP contribution in [-0.4, -0.2) is 49.2 Å². The Balaban J connectivity index is 1.91. The number of benzene rings is 1. The van der Waals surface area contributed by atoms with Crippen LogP contribution in [0.4, 0.5) is 5.69 Å². The number of nitrogen functional groups attached to an aromatic ring is 1. The van der Waals surface area contributed by atoms with Gasteiger partial charge < -0.3 is 15.8 Å². The van der Waals surface area contributed by atoms with E-state index in [4.69, 9.17) is 10.5 Å². The highest BCUT2D eigenvalue weighted by Crippen LogP contribution is 2.15. The van der Waals surface area contributed by atoms with E-state index < -0.39 is 0 Å². The van der Waals surface area contributed by atoms with Crippen molar-refractivity contribution in [2.45, 2.75) is 19.4 Å². The molecule has 0 bridgehead atoms. The van der Waals surface area contributed by atoms with Crippen LogP contribution in [0.25, 0.3) is 0 Å². The predicted molar refractivity (Wildman–Crippen MR) is 79.7 cm³/mol. The summed E-state index contributed by atoms with van der Waals surface area (Å²) in [6, 6.07) is 7.02. The average Bonchev–Trinajstić information content (AvgIpc) is 2.46. The molecule has 1 aliphatic heterocycles. The number of amides is 1. The molecular formula is C15H23N3O2. The minimum atomic E-state index is -0.0846. The molecule has 0 atom stereocenters. The van der Waals surface area contributed by atoms with Crippen LogP contribution in [0.3, 0.4) is 0 Å². The Kier molecular flexibility index (Phi) is 4.62. The Morgan fingerprint density at radius 3 is 2.75 bits per heavy atom. The second-order valence-corrected chi connectivity index (χ2v) is 5.72. The highest BCUT2D eigenvalue weighted by molar-refractivity contribution is 5.95. The number of carbonyl (C=O) groups is 1. The molecule has 1 saturated heterocycles. The molecule has 0 unspecified atom stereocenters. The van der Waals surface area contributed by atoms with Gasteiger partial charge in [0.1, 0.15) is 0 Å². The second-order valence-electron chi connectivity index (χ2n) is 5.72. The molecule has 1 fully saturated rings. The van der Waals surface area contributed by atoms with Crippen molar-refractivity contribution in [2.75, 3.05) is 38.6 Å². The number of nitrogens with two attached hydrogens (primary N) is 1. The zero-order valence-corrected chi connectivity index (χ0v) is 12.2. The number of hydrogen-bond donors (Lipinski definition) is 2. The summed E-state index contributed by atoms with van der Waals surface area (Å²) in [5.74, 6) is -0.0846. The third kappa shape index (κ3) is 3.71. The fraction of sp³-hybridized carbons (Fsp3) is 0.533. The maximum absolute atomic E-state index is 12.1. The molecule has 110 valence electrons. The van der Waals surface area contributed by atoms with E-state index in [2.05, 4.69) is 24.1 Å². The molecule has 20 heavy (non-hydrogen) atoms. The molecular weight excluding hydrogens is 254 g/mol. The van der Waals surface area contributed by atoms with Gasteiger partial charge in [-0.1, -0.05) is 6.07 Å². The predicted octanol–water partition coefficient (Wildman–Crippen LogP) is 1.11. The van der Waals surface area contributed by atoms with Gasteiger partial charge in [0.2, 0.25) is 0 Å². The fourth-order valence-corrected chi connectivity index (χ4v) is 2.36. The van der Waals surface area contributed by atoms with E-state index in [1.54, 1.807) is 24.3 Å². The van der Waals surface area contributed by atoms with Crippen molar-refractivity contribution in [3.8, 4) is 0 Å². The van der Waals surface area contributed by atoms with Crippen LogP contribution >= 0.6 is 0 Å².